The highest BCUT2D eigenvalue weighted by Gasteiger charge is 2.39. The van der Waals surface area contributed by atoms with Crippen LogP contribution in [0.25, 0.3) is 0 Å². The van der Waals surface area contributed by atoms with Crippen molar-refractivity contribution in [1.29, 1.82) is 0 Å². The molecule has 4 amide bonds. The minimum atomic E-state index is -0.677. The Morgan fingerprint density at radius 1 is 1.12 bits per heavy atom. The molecule has 33 heavy (non-hydrogen) atoms. The molecule has 2 aromatic carbocycles. The Bertz CT molecular complexity index is 1160. The van der Waals surface area contributed by atoms with Crippen LogP contribution in [0, 0.1) is 0 Å². The van der Waals surface area contributed by atoms with Crippen LogP contribution in [-0.4, -0.2) is 46.7 Å². The van der Waals surface area contributed by atoms with Gasteiger partial charge in [-0.1, -0.05) is 12.1 Å². The molecule has 0 aromatic heterocycles. The van der Waals surface area contributed by atoms with Crippen molar-refractivity contribution in [2.75, 3.05) is 5.32 Å². The van der Waals surface area contributed by atoms with Gasteiger partial charge >= 0.3 is 0 Å². The first kappa shape index (κ1) is 21.1. The zero-order valence-electron chi connectivity index (χ0n) is 17.9. The molecule has 1 atom stereocenters. The molecule has 1 unspecified atom stereocenters. The summed E-state index contributed by atoms with van der Waals surface area (Å²) in [5.41, 5.74) is 7.99. The monoisotopic (exact) mass is 448 g/mol. The van der Waals surface area contributed by atoms with Crippen LogP contribution in [-0.2, 0) is 16.1 Å². The average Bonchev–Trinajstić information content (AvgIpc) is 3.08. The second kappa shape index (κ2) is 8.32. The van der Waals surface area contributed by atoms with Crippen molar-refractivity contribution in [3.05, 3.63) is 59.2 Å². The Morgan fingerprint density at radius 2 is 1.91 bits per heavy atom. The first-order chi connectivity index (χ1) is 15.9. The number of piperidine rings is 1. The average molecular weight is 448 g/mol. The number of nitrogens with one attached hydrogen (secondary N) is 2. The minimum absolute atomic E-state index is 0.0122. The van der Waals surface area contributed by atoms with E-state index in [1.807, 2.05) is 6.07 Å². The topological polar surface area (TPSA) is 131 Å². The highest BCUT2D eigenvalue weighted by molar-refractivity contribution is 6.08. The lowest BCUT2D eigenvalue weighted by Gasteiger charge is -2.33. The van der Waals surface area contributed by atoms with Gasteiger partial charge in [0.15, 0.2) is 0 Å². The number of imide groups is 1. The maximum Gasteiger partial charge on any atom is 0.259 e. The van der Waals surface area contributed by atoms with Crippen molar-refractivity contribution in [3.63, 3.8) is 0 Å². The number of nitrogens with zero attached hydrogens (tertiary/aromatic N) is 1. The van der Waals surface area contributed by atoms with E-state index in [-0.39, 0.29) is 42.8 Å². The number of benzene rings is 2. The second-order valence-electron chi connectivity index (χ2n) is 8.69. The Labute approximate surface area is 190 Å². The van der Waals surface area contributed by atoms with Gasteiger partial charge in [-0.3, -0.25) is 24.5 Å². The molecule has 2 aromatic rings. The largest absolute Gasteiger partial charge is 0.489 e. The quantitative estimate of drug-likeness (QED) is 0.595. The number of nitrogens with two attached hydrogens (primary N) is 1. The van der Waals surface area contributed by atoms with E-state index in [2.05, 4.69) is 10.6 Å². The third-order valence-electron chi connectivity index (χ3n) is 6.34. The van der Waals surface area contributed by atoms with Gasteiger partial charge in [-0.25, -0.2) is 0 Å². The molecule has 3 aliphatic rings. The third kappa shape index (κ3) is 4.07. The van der Waals surface area contributed by atoms with Gasteiger partial charge in [-0.2, -0.15) is 0 Å². The Kier molecular flexibility index (Phi) is 5.33. The number of carbonyl (C=O) groups excluding carboxylic acids is 4. The summed E-state index contributed by atoms with van der Waals surface area (Å²) < 4.78 is 5.94. The summed E-state index contributed by atoms with van der Waals surface area (Å²) >= 11 is 0. The van der Waals surface area contributed by atoms with Crippen molar-refractivity contribution >= 4 is 29.3 Å². The molecule has 4 N–H and O–H groups in total. The summed E-state index contributed by atoms with van der Waals surface area (Å²) in [7, 11) is 0. The van der Waals surface area contributed by atoms with E-state index in [1.54, 1.807) is 36.4 Å². The fraction of sp³-hybridized carbons (Fsp3) is 0.333. The molecule has 2 aliphatic heterocycles. The van der Waals surface area contributed by atoms with Gasteiger partial charge < -0.3 is 20.7 Å². The fourth-order valence-electron chi connectivity index (χ4n) is 4.49. The number of rotatable bonds is 5. The van der Waals surface area contributed by atoms with E-state index in [1.165, 1.54) is 4.90 Å². The molecule has 0 radical (unpaired) electrons. The number of ether oxygens (including phenoxy) is 1. The van der Waals surface area contributed by atoms with Crippen molar-refractivity contribution in [3.8, 4) is 5.75 Å². The van der Waals surface area contributed by atoms with Crippen LogP contribution < -0.4 is 21.1 Å². The molecule has 0 bridgehead atoms. The van der Waals surface area contributed by atoms with Gasteiger partial charge in [0.1, 0.15) is 17.9 Å². The maximum atomic E-state index is 13.0. The first-order valence-electron chi connectivity index (χ1n) is 11.0. The maximum absolute atomic E-state index is 13.0. The van der Waals surface area contributed by atoms with E-state index in [9.17, 15) is 19.2 Å². The second-order valence-corrected chi connectivity index (χ2v) is 8.69. The molecule has 1 saturated heterocycles. The number of para-hydroxylation sites is 1. The van der Waals surface area contributed by atoms with Crippen LogP contribution in [0.4, 0.5) is 5.69 Å². The number of hydrogen-bond donors (Lipinski definition) is 3. The van der Waals surface area contributed by atoms with Gasteiger partial charge in [-0.05, 0) is 55.2 Å². The zero-order chi connectivity index (χ0) is 23.1. The van der Waals surface area contributed by atoms with E-state index >= 15 is 0 Å². The van der Waals surface area contributed by atoms with Crippen LogP contribution in [0.1, 0.15) is 52.0 Å². The van der Waals surface area contributed by atoms with E-state index in [0.717, 1.165) is 18.4 Å². The Morgan fingerprint density at radius 3 is 2.67 bits per heavy atom. The summed E-state index contributed by atoms with van der Waals surface area (Å²) in [6.45, 7) is 0.242. The van der Waals surface area contributed by atoms with Gasteiger partial charge in [0.25, 0.3) is 11.8 Å². The molecule has 5 rings (SSSR count). The van der Waals surface area contributed by atoms with Crippen molar-refractivity contribution in [1.82, 2.24) is 10.2 Å². The highest BCUT2D eigenvalue weighted by Crippen LogP contribution is 2.31. The smallest absolute Gasteiger partial charge is 0.259 e. The lowest BCUT2D eigenvalue weighted by atomic mass is 9.90. The van der Waals surface area contributed by atoms with Crippen molar-refractivity contribution in [2.24, 2.45) is 5.73 Å². The normalized spacial score (nSPS) is 24.1. The third-order valence-corrected chi connectivity index (χ3v) is 6.34. The fourth-order valence-corrected chi connectivity index (χ4v) is 4.49. The standard InChI is InChI=1S/C24H24N4O5/c25-14-10-16(11-14)33-20-4-2-1-3-18(20)22(30)26-15-5-6-17-13(9-15)12-28(24(17)32)19-7-8-21(29)27-23(19)31/h1-6,9,14,16,19H,7-8,10-12,25H2,(H,26,30)(H,27,29,31)/t14-,16+,19?. The molecule has 9 nitrogen and oxygen atoms in total. The molecular formula is C24H24N4O5. The molecule has 170 valence electrons. The summed E-state index contributed by atoms with van der Waals surface area (Å²) in [6, 6.07) is 11.6. The van der Waals surface area contributed by atoms with Crippen molar-refractivity contribution < 1.29 is 23.9 Å². The van der Waals surface area contributed by atoms with Gasteiger partial charge in [0.05, 0.1) is 5.56 Å². The highest BCUT2D eigenvalue weighted by atomic mass is 16.5. The minimum Gasteiger partial charge on any atom is -0.489 e. The van der Waals surface area contributed by atoms with Crippen LogP contribution in [0.2, 0.25) is 0 Å². The lowest BCUT2D eigenvalue weighted by Crippen LogP contribution is -2.52. The van der Waals surface area contributed by atoms with Crippen LogP contribution in [0.15, 0.2) is 42.5 Å². The predicted molar refractivity (Wildman–Crippen MR) is 119 cm³/mol. The van der Waals surface area contributed by atoms with Crippen LogP contribution in [0.3, 0.4) is 0 Å². The molecule has 9 heteroatoms. The Hall–Kier alpha value is -3.72. The predicted octanol–water partition coefficient (Wildman–Crippen LogP) is 1.57. The first-order valence-corrected chi connectivity index (χ1v) is 11.0. The Balaban J connectivity index is 1.30. The van der Waals surface area contributed by atoms with Crippen molar-refractivity contribution in [2.45, 2.75) is 50.4 Å². The van der Waals surface area contributed by atoms with E-state index in [4.69, 9.17) is 10.5 Å². The van der Waals surface area contributed by atoms with E-state index in [0.29, 0.717) is 29.0 Å². The number of hydrogen-bond acceptors (Lipinski definition) is 6. The van der Waals surface area contributed by atoms with Gasteiger partial charge in [0.2, 0.25) is 11.8 Å². The molecule has 2 fully saturated rings. The lowest BCUT2D eigenvalue weighted by molar-refractivity contribution is -0.136. The van der Waals surface area contributed by atoms with Crippen LogP contribution >= 0.6 is 0 Å². The number of carbonyl (C=O) groups is 4. The number of anilines is 1. The molecule has 1 aliphatic carbocycles. The van der Waals surface area contributed by atoms with E-state index < -0.39 is 11.9 Å². The molecular weight excluding hydrogens is 424 g/mol. The summed E-state index contributed by atoms with van der Waals surface area (Å²) in [4.78, 5) is 50.9. The SMILES string of the molecule is N[C@H]1C[C@@H](Oc2ccccc2C(=O)Nc2ccc3c(c2)CN(C2CCC(=O)NC2=O)C3=O)C1. The molecule has 0 spiro atoms. The van der Waals surface area contributed by atoms with Gasteiger partial charge in [0, 0.05) is 30.3 Å². The summed E-state index contributed by atoms with van der Waals surface area (Å²) in [6.07, 6.45) is 2.04. The summed E-state index contributed by atoms with van der Waals surface area (Å²) in [5, 5.41) is 5.16. The van der Waals surface area contributed by atoms with Gasteiger partial charge in [-0.15, -0.1) is 0 Å². The molecule has 2 heterocycles. The molecule has 1 saturated carbocycles. The van der Waals surface area contributed by atoms with Crippen LogP contribution in [0.5, 0.6) is 5.75 Å². The zero-order valence-corrected chi connectivity index (χ0v) is 17.9. The summed E-state index contributed by atoms with van der Waals surface area (Å²) in [5.74, 6) is -0.845. The number of amides is 4. The number of fused-ring (bicyclic) bond motifs is 1.